The zero-order valence-corrected chi connectivity index (χ0v) is 34.7. The van der Waals surface area contributed by atoms with E-state index in [0.29, 0.717) is 17.2 Å². The van der Waals surface area contributed by atoms with E-state index in [-0.39, 0.29) is 18.1 Å². The molecule has 1 N–H and O–H groups in total. The average Bonchev–Trinajstić information content (AvgIpc) is 3.37. The zero-order chi connectivity index (χ0) is 53.0. The molecule has 72 heavy (non-hydrogen) atoms. The summed E-state index contributed by atoms with van der Waals surface area (Å²) in [5.41, 5.74) is -13.7. The Morgan fingerprint density at radius 3 is 1.08 bits per heavy atom. The number of phenols is 1. The first-order chi connectivity index (χ1) is 33.9. The van der Waals surface area contributed by atoms with Gasteiger partial charge in [-0.3, -0.25) is 4.79 Å². The third-order valence-electron chi connectivity index (χ3n) is 11.1. The third kappa shape index (κ3) is 8.34. The molecule has 0 saturated heterocycles. The Balaban J connectivity index is 0.000000238. The van der Waals surface area contributed by atoms with Crippen LogP contribution in [0.15, 0.2) is 91.1 Å². The fourth-order valence-corrected chi connectivity index (χ4v) is 7.84. The molecule has 0 fully saturated rings. The minimum atomic E-state index is -7.22. The van der Waals surface area contributed by atoms with Gasteiger partial charge in [-0.05, 0) is 35.7 Å². The second kappa shape index (κ2) is 19.6. The van der Waals surface area contributed by atoms with E-state index in [2.05, 4.69) is 0 Å². The van der Waals surface area contributed by atoms with Crippen molar-refractivity contribution in [2.24, 2.45) is 0 Å². The van der Waals surface area contributed by atoms with Gasteiger partial charge < -0.3 is 9.84 Å². The predicted octanol–water partition coefficient (Wildman–Crippen LogP) is 10.4. The van der Waals surface area contributed by atoms with Crippen LogP contribution in [0.25, 0.3) is 10.8 Å². The molecule has 0 aliphatic heterocycles. The van der Waals surface area contributed by atoms with E-state index in [0.717, 1.165) is 10.8 Å². The van der Waals surface area contributed by atoms with Gasteiger partial charge in [0.15, 0.2) is 76.0 Å². The summed E-state index contributed by atoms with van der Waals surface area (Å²) in [5, 5.41) is 11.4. The fraction of sp³-hybridized carbons (Fsp3) is 0.0213. The number of carbonyl (C=O) groups is 1. The Hall–Kier alpha value is -8.12. The minimum absolute atomic E-state index is 0.00596. The molecule has 4 nitrogen and oxygen atoms in total. The van der Waals surface area contributed by atoms with Crippen molar-refractivity contribution in [2.45, 2.75) is 6.54 Å². The van der Waals surface area contributed by atoms with Gasteiger partial charge in [-0.1, -0.05) is 48.5 Å². The molecule has 0 aliphatic rings. The number of pyridine rings is 1. The van der Waals surface area contributed by atoms with Crippen molar-refractivity contribution in [1.29, 1.82) is 0 Å². The molecular formula is C47H18BF20NO3. The average molecular weight is 1040 g/mol. The van der Waals surface area contributed by atoms with Gasteiger partial charge in [0.2, 0.25) is 12.3 Å². The molecular weight excluding hydrogens is 1020 g/mol. The van der Waals surface area contributed by atoms with Crippen LogP contribution in [-0.2, 0) is 6.54 Å². The van der Waals surface area contributed by atoms with E-state index >= 15 is 35.1 Å². The lowest BCUT2D eigenvalue weighted by molar-refractivity contribution is -0.685. The third-order valence-corrected chi connectivity index (χ3v) is 11.1. The van der Waals surface area contributed by atoms with E-state index in [4.69, 9.17) is 4.74 Å². The molecule has 0 unspecified atom stereocenters. The molecule has 1 aromatic heterocycles. The normalized spacial score (nSPS) is 11.5. The van der Waals surface area contributed by atoms with Crippen molar-refractivity contribution in [2.75, 3.05) is 0 Å². The number of hydrogen-bond acceptors (Lipinski definition) is 3. The summed E-state index contributed by atoms with van der Waals surface area (Å²) < 4.78 is 302. The van der Waals surface area contributed by atoms with Crippen LogP contribution in [-0.4, -0.2) is 17.0 Å². The van der Waals surface area contributed by atoms with Gasteiger partial charge in [-0.15, -0.1) is 21.9 Å². The van der Waals surface area contributed by atoms with Gasteiger partial charge in [0, 0.05) is 11.6 Å². The van der Waals surface area contributed by atoms with Crippen LogP contribution in [0.3, 0.4) is 0 Å². The molecule has 372 valence electrons. The van der Waals surface area contributed by atoms with E-state index < -0.39 is 144 Å². The van der Waals surface area contributed by atoms with Crippen molar-refractivity contribution < 1.29 is 107 Å². The molecule has 7 aromatic carbocycles. The Kier molecular flexibility index (Phi) is 14.1. The number of benzene rings is 7. The summed E-state index contributed by atoms with van der Waals surface area (Å²) in [6, 6.07) is 25.6. The minimum Gasteiger partial charge on any atom is -0.508 e. The Labute approximate surface area is 388 Å². The number of phenolic OH excluding ortho intramolecular Hbond substituents is 1. The van der Waals surface area contributed by atoms with Crippen molar-refractivity contribution in [3.05, 3.63) is 213 Å². The number of ketones is 1. The summed E-state index contributed by atoms with van der Waals surface area (Å²) in [5.74, 6) is -70.1. The van der Waals surface area contributed by atoms with Crippen molar-refractivity contribution in [1.82, 2.24) is 0 Å². The van der Waals surface area contributed by atoms with Crippen LogP contribution in [0.2, 0.25) is 0 Å². The largest absolute Gasteiger partial charge is 0.508 e. The molecule has 8 aromatic rings. The van der Waals surface area contributed by atoms with Crippen LogP contribution < -0.4 is 31.2 Å². The second-order valence-corrected chi connectivity index (χ2v) is 15.0. The number of aromatic hydroxyl groups is 1. The van der Waals surface area contributed by atoms with Crippen LogP contribution in [0.1, 0.15) is 10.4 Å². The molecule has 0 bridgehead atoms. The second-order valence-electron chi connectivity index (χ2n) is 15.0. The maximum atomic E-state index is 15.4. The topological polar surface area (TPSA) is 50.4 Å². The van der Waals surface area contributed by atoms with Crippen molar-refractivity contribution >= 4 is 44.6 Å². The highest BCUT2D eigenvalue weighted by Gasteiger charge is 2.52. The van der Waals surface area contributed by atoms with E-state index in [1.807, 2.05) is 71.4 Å². The van der Waals surface area contributed by atoms with Gasteiger partial charge in [0.25, 0.3) is 0 Å². The summed E-state index contributed by atoms with van der Waals surface area (Å²) in [4.78, 5) is 12.7. The number of hydrogen-bond donors (Lipinski definition) is 1. The van der Waals surface area contributed by atoms with Gasteiger partial charge in [-0.2, -0.15) is 4.57 Å². The van der Waals surface area contributed by atoms with E-state index in [1.54, 1.807) is 24.3 Å². The number of halogens is 20. The van der Waals surface area contributed by atoms with Crippen LogP contribution in [0.5, 0.6) is 17.4 Å². The summed E-state index contributed by atoms with van der Waals surface area (Å²) in [6.45, 7) is 0.169. The summed E-state index contributed by atoms with van der Waals surface area (Å²) in [6.07, 6.45) is -5.36. The SMILES string of the molecule is Fc1c(F)c(F)c([B-](c2c(F)c(F)c(F)c(F)c2F)(c2c(F)c(F)c(F)c(F)c2F)c2c(F)c(F)c(F)c(F)c2F)c(F)c1F.O=C(C[n+]1ccc2ccccc2c1Oc1ccc(O)cc1)c1ccccc1. The zero-order valence-electron chi connectivity index (χ0n) is 34.7. The number of ether oxygens (including phenoxy) is 1. The number of carbonyl (C=O) groups excluding carboxylic acids is 1. The first-order valence-electron chi connectivity index (χ1n) is 19.6. The fourth-order valence-electron chi connectivity index (χ4n) is 7.84. The summed E-state index contributed by atoms with van der Waals surface area (Å²) >= 11 is 0. The van der Waals surface area contributed by atoms with Crippen LogP contribution in [0, 0.1) is 116 Å². The molecule has 0 amide bonds. The molecule has 8 rings (SSSR count). The monoisotopic (exact) mass is 1040 g/mol. The number of aromatic nitrogens is 1. The Morgan fingerprint density at radius 2 is 0.722 bits per heavy atom. The number of nitrogens with zero attached hydrogens (tertiary/aromatic N) is 1. The van der Waals surface area contributed by atoms with Gasteiger partial charge in [0.1, 0.15) is 64.2 Å². The predicted molar refractivity (Wildman–Crippen MR) is 212 cm³/mol. The standard InChI is InChI=1S/C24BF20.C23H17NO3/c26-5-1(6(27)14(35)21(42)13(5)34)25(2-7(28)15(36)22(43)16(37)8(2)29,3-9(30)17(38)23(44)18(39)10(3)31)4-11(32)19(40)24(45)20(41)12(4)33;25-19-10-12-20(13-11-19)27-23-21-9-5-4-6-17(21)14-15-24(23)16-22(26)18-7-2-1-3-8-18/h;1-15H,16H2/q-1;/p+1. The molecule has 25 heteroatoms. The highest BCUT2D eigenvalue weighted by atomic mass is 19.2. The molecule has 0 saturated carbocycles. The molecule has 1 heterocycles. The quantitative estimate of drug-likeness (QED) is 0.0392. The molecule has 0 radical (unpaired) electrons. The Morgan fingerprint density at radius 1 is 0.403 bits per heavy atom. The number of fused-ring (bicyclic) bond motifs is 1. The van der Waals surface area contributed by atoms with E-state index in [9.17, 15) is 62.6 Å². The lowest BCUT2D eigenvalue weighted by atomic mass is 9.12. The summed E-state index contributed by atoms with van der Waals surface area (Å²) in [7, 11) is 0. The van der Waals surface area contributed by atoms with Crippen LogP contribution in [0.4, 0.5) is 87.8 Å². The molecule has 0 aliphatic carbocycles. The van der Waals surface area contributed by atoms with Crippen LogP contribution >= 0.6 is 0 Å². The highest BCUT2D eigenvalue weighted by Crippen LogP contribution is 2.32. The molecule has 0 atom stereocenters. The maximum Gasteiger partial charge on any atom is 0.381 e. The van der Waals surface area contributed by atoms with Crippen molar-refractivity contribution in [3.63, 3.8) is 0 Å². The first-order valence-corrected chi connectivity index (χ1v) is 19.6. The van der Waals surface area contributed by atoms with Gasteiger partial charge >= 0.3 is 5.88 Å². The first kappa shape index (κ1) is 51.7. The van der Waals surface area contributed by atoms with E-state index in [1.165, 1.54) is 0 Å². The van der Waals surface area contributed by atoms with Crippen molar-refractivity contribution in [3.8, 4) is 17.4 Å². The highest BCUT2D eigenvalue weighted by molar-refractivity contribution is 7.20. The number of rotatable bonds is 9. The molecule has 0 spiro atoms. The van der Waals surface area contributed by atoms with Gasteiger partial charge in [-0.25, -0.2) is 87.8 Å². The lowest BCUT2D eigenvalue weighted by Gasteiger charge is -2.44. The maximum absolute atomic E-state index is 15.4. The smallest absolute Gasteiger partial charge is 0.381 e. The lowest BCUT2D eigenvalue weighted by Crippen LogP contribution is -2.81. The Bertz CT molecular complexity index is 3130. The number of Topliss-reactive ketones (excluding diaryl/α,β-unsaturated/α-hetero) is 1. The van der Waals surface area contributed by atoms with Gasteiger partial charge in [0.05, 0.1) is 5.39 Å².